The van der Waals surface area contributed by atoms with Gasteiger partial charge < -0.3 is 10.6 Å². The predicted molar refractivity (Wildman–Crippen MR) is 105 cm³/mol. The van der Waals surface area contributed by atoms with Crippen LogP contribution in [0.4, 0.5) is 11.5 Å². The largest absolute Gasteiger partial charge is 0.326 e. The van der Waals surface area contributed by atoms with Crippen molar-refractivity contribution in [1.82, 2.24) is 4.98 Å². The highest BCUT2D eigenvalue weighted by Gasteiger charge is 2.21. The van der Waals surface area contributed by atoms with Gasteiger partial charge in [-0.15, -0.1) is 11.8 Å². The molecule has 1 saturated carbocycles. The Balaban J connectivity index is 1.50. The lowest BCUT2D eigenvalue weighted by atomic mass is 9.88. The van der Waals surface area contributed by atoms with Gasteiger partial charge in [-0.25, -0.2) is 4.98 Å². The predicted octanol–water partition coefficient (Wildman–Crippen LogP) is 4.33. The van der Waals surface area contributed by atoms with Crippen LogP contribution >= 0.6 is 11.8 Å². The van der Waals surface area contributed by atoms with Crippen molar-refractivity contribution in [3.05, 3.63) is 48.7 Å². The molecule has 1 aromatic heterocycles. The average Bonchev–Trinajstić information content (AvgIpc) is 2.68. The molecule has 1 heterocycles. The third kappa shape index (κ3) is 5.59. The van der Waals surface area contributed by atoms with Crippen LogP contribution in [0.25, 0.3) is 0 Å². The highest BCUT2D eigenvalue weighted by atomic mass is 32.2. The Morgan fingerprint density at radius 1 is 1.04 bits per heavy atom. The van der Waals surface area contributed by atoms with E-state index in [1.54, 1.807) is 18.3 Å². The number of nitrogens with one attached hydrogen (secondary N) is 2. The van der Waals surface area contributed by atoms with Crippen molar-refractivity contribution in [2.75, 3.05) is 16.4 Å². The van der Waals surface area contributed by atoms with Crippen molar-refractivity contribution in [3.8, 4) is 0 Å². The molecule has 1 fully saturated rings. The summed E-state index contributed by atoms with van der Waals surface area (Å²) >= 11 is 1.43. The molecule has 0 bridgehead atoms. The molecule has 2 amide bonds. The number of carbonyl (C=O) groups is 2. The number of aromatic nitrogens is 1. The zero-order chi connectivity index (χ0) is 18.2. The Morgan fingerprint density at radius 3 is 2.65 bits per heavy atom. The quantitative estimate of drug-likeness (QED) is 0.744. The van der Waals surface area contributed by atoms with Gasteiger partial charge in [0.25, 0.3) is 0 Å². The summed E-state index contributed by atoms with van der Waals surface area (Å²) in [7, 11) is 0. The first-order chi connectivity index (χ1) is 12.7. The van der Waals surface area contributed by atoms with Crippen molar-refractivity contribution in [2.24, 2.45) is 5.92 Å². The molecule has 6 heteroatoms. The van der Waals surface area contributed by atoms with E-state index in [1.807, 2.05) is 30.3 Å². The minimum absolute atomic E-state index is 0.106. The van der Waals surface area contributed by atoms with Crippen LogP contribution in [-0.4, -0.2) is 22.6 Å². The molecule has 2 aromatic rings. The van der Waals surface area contributed by atoms with Crippen LogP contribution in [0.2, 0.25) is 0 Å². The van der Waals surface area contributed by atoms with E-state index < -0.39 is 0 Å². The molecule has 1 aliphatic carbocycles. The smallest absolute Gasteiger partial charge is 0.235 e. The summed E-state index contributed by atoms with van der Waals surface area (Å²) in [6, 6.07) is 13.0. The van der Waals surface area contributed by atoms with E-state index in [1.165, 1.54) is 18.2 Å². The molecule has 136 valence electrons. The molecular weight excluding hydrogens is 346 g/mol. The lowest BCUT2D eigenvalue weighted by Crippen LogP contribution is -2.24. The van der Waals surface area contributed by atoms with Crippen molar-refractivity contribution in [1.29, 1.82) is 0 Å². The summed E-state index contributed by atoms with van der Waals surface area (Å²) in [5.74, 6) is 0.970. The lowest BCUT2D eigenvalue weighted by Gasteiger charge is -2.20. The zero-order valence-corrected chi connectivity index (χ0v) is 15.4. The van der Waals surface area contributed by atoms with E-state index in [-0.39, 0.29) is 23.5 Å². The van der Waals surface area contributed by atoms with E-state index >= 15 is 0 Å². The van der Waals surface area contributed by atoms with E-state index in [9.17, 15) is 9.59 Å². The number of nitrogens with zero attached hydrogens (tertiary/aromatic N) is 1. The van der Waals surface area contributed by atoms with Gasteiger partial charge in [0.2, 0.25) is 11.8 Å². The maximum atomic E-state index is 12.4. The van der Waals surface area contributed by atoms with Gasteiger partial charge in [0.15, 0.2) is 0 Å². The molecule has 26 heavy (non-hydrogen) atoms. The van der Waals surface area contributed by atoms with E-state index in [0.717, 1.165) is 36.3 Å². The number of carbonyl (C=O) groups excluding carboxylic acids is 2. The molecule has 3 rings (SSSR count). The highest BCUT2D eigenvalue weighted by molar-refractivity contribution is 8.00. The Bertz CT molecular complexity index is 746. The zero-order valence-electron chi connectivity index (χ0n) is 14.6. The number of hydrogen-bond acceptors (Lipinski definition) is 4. The van der Waals surface area contributed by atoms with Gasteiger partial charge in [-0.05, 0) is 43.2 Å². The Labute approximate surface area is 158 Å². The van der Waals surface area contributed by atoms with Gasteiger partial charge >= 0.3 is 0 Å². The number of rotatable bonds is 6. The molecule has 0 unspecified atom stereocenters. The maximum Gasteiger partial charge on any atom is 0.235 e. The molecular formula is C20H23N3O2S. The van der Waals surface area contributed by atoms with E-state index in [4.69, 9.17) is 0 Å². The van der Waals surface area contributed by atoms with Crippen LogP contribution in [0, 0.1) is 5.92 Å². The van der Waals surface area contributed by atoms with Crippen LogP contribution in [-0.2, 0) is 9.59 Å². The number of benzene rings is 1. The minimum Gasteiger partial charge on any atom is -0.326 e. The molecule has 1 aromatic carbocycles. The second-order valence-corrected chi connectivity index (χ2v) is 7.45. The number of thioether (sulfide) groups is 1. The van der Waals surface area contributed by atoms with Crippen molar-refractivity contribution in [2.45, 2.75) is 37.0 Å². The molecule has 0 saturated heterocycles. The van der Waals surface area contributed by atoms with Gasteiger partial charge in [0.05, 0.1) is 5.75 Å². The topological polar surface area (TPSA) is 71.1 Å². The minimum atomic E-state index is -0.106. The first-order valence-corrected chi connectivity index (χ1v) is 9.94. The number of anilines is 2. The van der Waals surface area contributed by atoms with Gasteiger partial charge in [-0.3, -0.25) is 9.59 Å². The molecule has 1 aliphatic rings. The van der Waals surface area contributed by atoms with E-state index in [0.29, 0.717) is 5.82 Å². The maximum absolute atomic E-state index is 12.4. The average molecular weight is 369 g/mol. The summed E-state index contributed by atoms with van der Waals surface area (Å²) in [6.07, 6.45) is 7.11. The van der Waals surface area contributed by atoms with Crippen LogP contribution < -0.4 is 10.6 Å². The molecule has 0 aliphatic heterocycles. The Kier molecular flexibility index (Phi) is 6.66. The summed E-state index contributed by atoms with van der Waals surface area (Å²) < 4.78 is 0. The van der Waals surface area contributed by atoms with Gasteiger partial charge in [0.1, 0.15) is 5.82 Å². The third-order valence-corrected chi connectivity index (χ3v) is 5.37. The summed E-state index contributed by atoms with van der Waals surface area (Å²) in [5, 5.41) is 5.78. The van der Waals surface area contributed by atoms with Gasteiger partial charge in [0, 0.05) is 22.7 Å². The van der Waals surface area contributed by atoms with Crippen LogP contribution in [0.3, 0.4) is 0 Å². The summed E-state index contributed by atoms with van der Waals surface area (Å²) in [4.78, 5) is 29.4. The fraction of sp³-hybridized carbons (Fsp3) is 0.350. The van der Waals surface area contributed by atoms with Crippen molar-refractivity contribution in [3.63, 3.8) is 0 Å². The second-order valence-electron chi connectivity index (χ2n) is 6.40. The summed E-state index contributed by atoms with van der Waals surface area (Å²) in [5.41, 5.74) is 0.788. The van der Waals surface area contributed by atoms with Crippen molar-refractivity contribution < 1.29 is 9.59 Å². The first kappa shape index (κ1) is 18.5. The lowest BCUT2D eigenvalue weighted by molar-refractivity contribution is -0.120. The van der Waals surface area contributed by atoms with Crippen LogP contribution in [0.15, 0.2) is 53.6 Å². The SMILES string of the molecule is O=C(CSc1cccc(NC(=O)C2CCCCC2)c1)Nc1ccccn1. The Morgan fingerprint density at radius 2 is 1.88 bits per heavy atom. The number of amides is 2. The number of pyridine rings is 1. The summed E-state index contributed by atoms with van der Waals surface area (Å²) in [6.45, 7) is 0. The van der Waals surface area contributed by atoms with E-state index in [2.05, 4.69) is 15.6 Å². The molecule has 0 radical (unpaired) electrons. The second kappa shape index (κ2) is 9.38. The van der Waals surface area contributed by atoms with Crippen molar-refractivity contribution >= 4 is 35.1 Å². The number of hydrogen-bond donors (Lipinski definition) is 2. The van der Waals surface area contributed by atoms with Crippen LogP contribution in [0.5, 0.6) is 0 Å². The monoisotopic (exact) mass is 369 g/mol. The third-order valence-electron chi connectivity index (χ3n) is 4.38. The van der Waals surface area contributed by atoms with Crippen LogP contribution in [0.1, 0.15) is 32.1 Å². The fourth-order valence-electron chi connectivity index (χ4n) is 3.04. The van der Waals surface area contributed by atoms with Gasteiger partial charge in [-0.1, -0.05) is 31.4 Å². The fourth-order valence-corrected chi connectivity index (χ4v) is 3.79. The molecule has 0 spiro atoms. The highest BCUT2D eigenvalue weighted by Crippen LogP contribution is 2.26. The standard InChI is InChI=1S/C20H23N3O2S/c24-19(23-18-11-4-5-12-21-18)14-26-17-10-6-9-16(13-17)22-20(25)15-7-2-1-3-8-15/h4-6,9-13,15H,1-3,7-8,14H2,(H,22,25)(H,21,23,24). The van der Waals surface area contributed by atoms with Gasteiger partial charge in [-0.2, -0.15) is 0 Å². The molecule has 2 N–H and O–H groups in total. The molecule has 0 atom stereocenters. The Hall–Kier alpha value is -2.34. The normalized spacial score (nSPS) is 14.6. The molecule has 5 nitrogen and oxygen atoms in total. The first-order valence-electron chi connectivity index (χ1n) is 8.95.